The fourth-order valence-corrected chi connectivity index (χ4v) is 4.82. The number of carbonyl (C=O) groups is 2. The van der Waals surface area contributed by atoms with E-state index in [2.05, 4.69) is 5.32 Å². The Labute approximate surface area is 238 Å². The molecule has 0 unspecified atom stereocenters. The molecular formula is C30H25NO9S. The van der Waals surface area contributed by atoms with Crippen LogP contribution in [0.15, 0.2) is 74.8 Å². The van der Waals surface area contributed by atoms with E-state index >= 15 is 0 Å². The number of benzene rings is 3. The second-order valence-electron chi connectivity index (χ2n) is 8.67. The van der Waals surface area contributed by atoms with Crippen LogP contribution >= 0.6 is 11.8 Å². The van der Waals surface area contributed by atoms with Gasteiger partial charge in [-0.15, -0.1) is 0 Å². The second-order valence-corrected chi connectivity index (χ2v) is 9.68. The predicted octanol–water partition coefficient (Wildman–Crippen LogP) is 5.27. The van der Waals surface area contributed by atoms with Gasteiger partial charge in [0, 0.05) is 17.7 Å². The Morgan fingerprint density at radius 3 is 2.07 bits per heavy atom. The molecule has 0 saturated carbocycles. The molecule has 3 aromatic carbocycles. The van der Waals surface area contributed by atoms with Crippen LogP contribution in [0, 0.1) is 0 Å². The van der Waals surface area contributed by atoms with Crippen molar-refractivity contribution in [1.29, 1.82) is 0 Å². The van der Waals surface area contributed by atoms with Crippen LogP contribution in [0.2, 0.25) is 0 Å². The maximum Gasteiger partial charge on any atom is 0.290 e. The van der Waals surface area contributed by atoms with Gasteiger partial charge in [-0.2, -0.15) is 0 Å². The van der Waals surface area contributed by atoms with Gasteiger partial charge in [0.15, 0.2) is 16.9 Å². The summed E-state index contributed by atoms with van der Waals surface area (Å²) in [5.41, 5.74) is 1.51. The molecule has 1 aliphatic heterocycles. The molecule has 4 aromatic rings. The van der Waals surface area contributed by atoms with Crippen LogP contribution in [0.5, 0.6) is 28.7 Å². The van der Waals surface area contributed by atoms with Crippen molar-refractivity contribution in [2.24, 2.45) is 0 Å². The Morgan fingerprint density at radius 2 is 1.46 bits per heavy atom. The van der Waals surface area contributed by atoms with E-state index in [1.54, 1.807) is 60.7 Å². The summed E-state index contributed by atoms with van der Waals surface area (Å²) in [7, 11) is 4.54. The van der Waals surface area contributed by atoms with Gasteiger partial charge >= 0.3 is 0 Å². The molecule has 41 heavy (non-hydrogen) atoms. The van der Waals surface area contributed by atoms with Crippen molar-refractivity contribution in [3.63, 3.8) is 0 Å². The summed E-state index contributed by atoms with van der Waals surface area (Å²) < 4.78 is 33.9. The molecule has 210 valence electrons. The summed E-state index contributed by atoms with van der Waals surface area (Å²) in [6, 6.07) is 16.9. The van der Waals surface area contributed by atoms with Crippen molar-refractivity contribution < 1.29 is 37.7 Å². The Kier molecular flexibility index (Phi) is 8.16. The first-order valence-electron chi connectivity index (χ1n) is 12.4. The van der Waals surface area contributed by atoms with Gasteiger partial charge < -0.3 is 28.1 Å². The molecule has 1 aromatic heterocycles. The molecule has 1 aliphatic rings. The molecule has 2 heterocycles. The van der Waals surface area contributed by atoms with Gasteiger partial charge in [-0.25, -0.2) is 0 Å². The topological polar surface area (TPSA) is 123 Å². The number of thioether (sulfide) groups is 1. The largest absolute Gasteiger partial charge is 0.493 e. The number of ether oxygens (including phenoxy) is 5. The maximum absolute atomic E-state index is 12.8. The highest BCUT2D eigenvalue weighted by atomic mass is 32.2. The minimum Gasteiger partial charge on any atom is -0.493 e. The van der Waals surface area contributed by atoms with Crippen LogP contribution in [-0.2, 0) is 4.79 Å². The van der Waals surface area contributed by atoms with Crippen molar-refractivity contribution in [1.82, 2.24) is 5.32 Å². The SMILES string of the molecule is COc1cc(-c2cc(=O)c3ccc(OCCOc4ccc(C=C5SC(=O)NC5=O)cc4)cc3o2)cc(OC)c1OC. The van der Waals surface area contributed by atoms with Gasteiger partial charge in [0.05, 0.1) is 31.6 Å². The molecule has 0 bridgehead atoms. The number of rotatable bonds is 10. The molecule has 0 aliphatic carbocycles. The fourth-order valence-electron chi connectivity index (χ4n) is 4.14. The monoisotopic (exact) mass is 575 g/mol. The van der Waals surface area contributed by atoms with E-state index in [1.807, 2.05) is 0 Å². The summed E-state index contributed by atoms with van der Waals surface area (Å²) in [5, 5.41) is 2.26. The average molecular weight is 576 g/mol. The lowest BCUT2D eigenvalue weighted by molar-refractivity contribution is -0.115. The zero-order valence-corrected chi connectivity index (χ0v) is 23.2. The Bertz CT molecular complexity index is 1680. The highest BCUT2D eigenvalue weighted by molar-refractivity contribution is 8.18. The molecule has 10 nitrogen and oxygen atoms in total. The zero-order valence-electron chi connectivity index (χ0n) is 22.3. The molecule has 2 amide bonds. The van der Waals surface area contributed by atoms with Crippen LogP contribution in [0.25, 0.3) is 28.4 Å². The summed E-state index contributed by atoms with van der Waals surface area (Å²) >= 11 is 0.868. The van der Waals surface area contributed by atoms with Gasteiger partial charge in [0.2, 0.25) is 5.75 Å². The average Bonchev–Trinajstić information content (AvgIpc) is 3.30. The highest BCUT2D eigenvalue weighted by Gasteiger charge is 2.24. The first-order chi connectivity index (χ1) is 19.9. The van der Waals surface area contributed by atoms with E-state index in [9.17, 15) is 14.4 Å². The van der Waals surface area contributed by atoms with E-state index in [0.717, 1.165) is 17.3 Å². The minimum atomic E-state index is -0.400. The van der Waals surface area contributed by atoms with Gasteiger partial charge in [0.1, 0.15) is 36.1 Å². The third-order valence-electron chi connectivity index (χ3n) is 6.09. The molecule has 1 N–H and O–H groups in total. The van der Waals surface area contributed by atoms with E-state index in [0.29, 0.717) is 55.9 Å². The van der Waals surface area contributed by atoms with E-state index in [1.165, 1.54) is 27.4 Å². The van der Waals surface area contributed by atoms with Crippen LogP contribution < -0.4 is 34.4 Å². The third-order valence-corrected chi connectivity index (χ3v) is 6.90. The number of amides is 2. The summed E-state index contributed by atoms with van der Waals surface area (Å²) in [6.45, 7) is 0.508. The van der Waals surface area contributed by atoms with Crippen molar-refractivity contribution >= 4 is 40.0 Å². The maximum atomic E-state index is 12.8. The lowest BCUT2D eigenvalue weighted by atomic mass is 10.1. The van der Waals surface area contributed by atoms with Crippen LogP contribution in [0.1, 0.15) is 5.56 Å². The molecular weight excluding hydrogens is 550 g/mol. The predicted molar refractivity (Wildman–Crippen MR) is 154 cm³/mol. The summed E-state index contributed by atoms with van der Waals surface area (Å²) in [4.78, 5) is 36.2. The molecule has 0 radical (unpaired) electrons. The number of imide groups is 1. The number of hydrogen-bond donors (Lipinski definition) is 1. The number of methoxy groups -OCH3 is 3. The lowest BCUT2D eigenvalue weighted by Gasteiger charge is -2.14. The summed E-state index contributed by atoms with van der Waals surface area (Å²) in [6.07, 6.45) is 1.64. The van der Waals surface area contributed by atoms with Crippen LogP contribution in [0.4, 0.5) is 4.79 Å². The second kappa shape index (κ2) is 12.1. The normalized spacial score (nSPS) is 13.8. The third kappa shape index (κ3) is 6.15. The van der Waals surface area contributed by atoms with Gasteiger partial charge in [-0.3, -0.25) is 19.7 Å². The minimum absolute atomic E-state index is 0.206. The molecule has 1 fully saturated rings. The number of carbonyl (C=O) groups excluding carboxylic acids is 2. The van der Waals surface area contributed by atoms with Gasteiger partial charge in [-0.1, -0.05) is 12.1 Å². The van der Waals surface area contributed by atoms with Gasteiger partial charge in [-0.05, 0) is 59.8 Å². The van der Waals surface area contributed by atoms with Crippen LogP contribution in [0.3, 0.4) is 0 Å². The smallest absolute Gasteiger partial charge is 0.290 e. The van der Waals surface area contributed by atoms with Gasteiger partial charge in [0.25, 0.3) is 11.1 Å². The standard InChI is InChI=1S/C30H25NO9S/c1-35-25-13-18(14-26(36-2)28(25)37-3)23-16-22(32)21-9-8-20(15-24(21)40-23)39-11-10-38-19-6-4-17(5-7-19)12-27-29(33)31-30(34)41-27/h4-9,12-16H,10-11H2,1-3H3,(H,31,33,34). The van der Waals surface area contributed by atoms with Crippen molar-refractivity contribution in [2.75, 3.05) is 34.5 Å². The zero-order chi connectivity index (χ0) is 28.9. The van der Waals surface area contributed by atoms with Crippen molar-refractivity contribution in [2.45, 2.75) is 0 Å². The lowest BCUT2D eigenvalue weighted by Crippen LogP contribution is -2.17. The van der Waals surface area contributed by atoms with E-state index < -0.39 is 5.91 Å². The number of hydrogen-bond acceptors (Lipinski definition) is 10. The van der Waals surface area contributed by atoms with Crippen molar-refractivity contribution in [3.8, 4) is 40.1 Å². The molecule has 1 saturated heterocycles. The Balaban J connectivity index is 1.25. The first-order valence-corrected chi connectivity index (χ1v) is 13.2. The fraction of sp³-hybridized carbons (Fsp3) is 0.167. The molecule has 0 spiro atoms. The number of nitrogens with one attached hydrogen (secondary N) is 1. The highest BCUT2D eigenvalue weighted by Crippen LogP contribution is 2.41. The summed E-state index contributed by atoms with van der Waals surface area (Å²) in [5.74, 6) is 2.37. The van der Waals surface area contributed by atoms with E-state index in [-0.39, 0.29) is 23.9 Å². The van der Waals surface area contributed by atoms with Crippen molar-refractivity contribution in [3.05, 3.63) is 81.4 Å². The molecule has 0 atom stereocenters. The number of fused-ring (bicyclic) bond motifs is 1. The Hall–Kier alpha value is -4.90. The molecule has 5 rings (SSSR count). The van der Waals surface area contributed by atoms with Crippen LogP contribution in [-0.4, -0.2) is 45.7 Å². The quantitative estimate of drug-likeness (QED) is 0.198. The van der Waals surface area contributed by atoms with E-state index in [4.69, 9.17) is 28.1 Å². The Morgan fingerprint density at radius 1 is 0.805 bits per heavy atom. The molecule has 11 heteroatoms. The first kappa shape index (κ1) is 27.7.